The molecule has 0 aromatic heterocycles. The normalized spacial score (nSPS) is 18.5. The summed E-state index contributed by atoms with van der Waals surface area (Å²) < 4.78 is 11.4. The zero-order chi connectivity index (χ0) is 21.7. The number of methoxy groups -OCH3 is 1. The van der Waals surface area contributed by atoms with Crippen LogP contribution >= 0.6 is 11.8 Å². The summed E-state index contributed by atoms with van der Waals surface area (Å²) in [4.78, 5) is 26.1. The van der Waals surface area contributed by atoms with Crippen molar-refractivity contribution < 1.29 is 24.2 Å². The maximum atomic E-state index is 12.8. The molecule has 7 heteroatoms. The van der Waals surface area contributed by atoms with Gasteiger partial charge in [-0.15, -0.1) is 11.8 Å². The van der Waals surface area contributed by atoms with Crippen molar-refractivity contribution in [3.8, 4) is 11.5 Å². The molecule has 0 bridgehead atoms. The fourth-order valence-corrected chi connectivity index (χ4v) is 4.84. The number of rotatable bonds is 8. The average molecular weight is 430 g/mol. The van der Waals surface area contributed by atoms with Crippen molar-refractivity contribution in [3.63, 3.8) is 0 Å². The Morgan fingerprint density at radius 2 is 1.90 bits per heavy atom. The quantitative estimate of drug-likeness (QED) is 0.672. The maximum Gasteiger partial charge on any atom is 0.327 e. The van der Waals surface area contributed by atoms with Crippen molar-refractivity contribution in [3.05, 3.63) is 59.7 Å². The fourth-order valence-electron chi connectivity index (χ4n) is 3.41. The van der Waals surface area contributed by atoms with Crippen LogP contribution in [0.3, 0.4) is 0 Å². The van der Waals surface area contributed by atoms with E-state index < -0.39 is 12.0 Å². The Bertz CT molecular complexity index is 886. The number of nitrogens with zero attached hydrogens (tertiary/aromatic N) is 1. The molecule has 1 saturated heterocycles. The summed E-state index contributed by atoms with van der Waals surface area (Å²) in [5.41, 5.74) is 1.87. The van der Waals surface area contributed by atoms with Crippen LogP contribution in [0.5, 0.6) is 11.5 Å². The van der Waals surface area contributed by atoms with Gasteiger partial charge in [0.25, 0.3) is 0 Å². The Balaban J connectivity index is 1.82. The van der Waals surface area contributed by atoms with E-state index in [9.17, 15) is 14.7 Å². The molecule has 1 aliphatic heterocycles. The molecular weight excluding hydrogens is 402 g/mol. The first-order chi connectivity index (χ1) is 14.4. The number of ether oxygens (including phenoxy) is 2. The molecule has 0 saturated carbocycles. The smallest absolute Gasteiger partial charge is 0.327 e. The Labute approximate surface area is 181 Å². The zero-order valence-electron chi connectivity index (χ0n) is 17.4. The van der Waals surface area contributed by atoms with Crippen molar-refractivity contribution in [1.82, 2.24) is 4.90 Å². The number of amides is 1. The van der Waals surface area contributed by atoms with Gasteiger partial charge in [0.2, 0.25) is 5.91 Å². The molecule has 1 N–H and O–H groups in total. The first-order valence-electron chi connectivity index (χ1n) is 9.91. The predicted molar refractivity (Wildman–Crippen MR) is 117 cm³/mol. The molecule has 30 heavy (non-hydrogen) atoms. The van der Waals surface area contributed by atoms with Crippen LogP contribution in [0.15, 0.2) is 48.5 Å². The number of aliphatic carboxylic acids is 1. The van der Waals surface area contributed by atoms with E-state index in [4.69, 9.17) is 9.47 Å². The highest BCUT2D eigenvalue weighted by atomic mass is 32.2. The highest BCUT2D eigenvalue weighted by Crippen LogP contribution is 2.44. The molecule has 2 unspecified atom stereocenters. The summed E-state index contributed by atoms with van der Waals surface area (Å²) in [5, 5.41) is 9.24. The lowest BCUT2D eigenvalue weighted by Gasteiger charge is -2.28. The Kier molecular flexibility index (Phi) is 7.26. The topological polar surface area (TPSA) is 76.1 Å². The van der Waals surface area contributed by atoms with Gasteiger partial charge in [0.15, 0.2) is 11.5 Å². The number of carbonyl (C=O) groups excluding carboxylic acids is 1. The van der Waals surface area contributed by atoms with E-state index in [2.05, 4.69) is 0 Å². The van der Waals surface area contributed by atoms with Crippen LogP contribution in [-0.4, -0.2) is 40.8 Å². The number of thioether (sulfide) groups is 1. The molecule has 2 atom stereocenters. The number of carboxylic acid groups (broad SMARTS) is 1. The number of hydrogen-bond donors (Lipinski definition) is 1. The van der Waals surface area contributed by atoms with Gasteiger partial charge < -0.3 is 19.5 Å². The summed E-state index contributed by atoms with van der Waals surface area (Å²) in [7, 11) is 1.57. The molecule has 3 rings (SSSR count). The van der Waals surface area contributed by atoms with Gasteiger partial charge in [0.05, 0.1) is 7.11 Å². The van der Waals surface area contributed by atoms with E-state index in [1.165, 1.54) is 16.7 Å². The lowest BCUT2D eigenvalue weighted by atomic mass is 10.1. The van der Waals surface area contributed by atoms with Gasteiger partial charge in [-0.05, 0) is 29.2 Å². The van der Waals surface area contributed by atoms with Crippen LogP contribution in [0.1, 0.15) is 36.8 Å². The molecule has 0 radical (unpaired) electrons. The molecule has 1 fully saturated rings. The van der Waals surface area contributed by atoms with E-state index in [-0.39, 0.29) is 17.2 Å². The fraction of sp³-hybridized carbons (Fsp3) is 0.391. The zero-order valence-corrected chi connectivity index (χ0v) is 18.2. The van der Waals surface area contributed by atoms with Gasteiger partial charge in [0, 0.05) is 12.2 Å². The molecular formula is C23H27NO5S. The largest absolute Gasteiger partial charge is 0.493 e. The van der Waals surface area contributed by atoms with Crippen molar-refractivity contribution >= 4 is 23.6 Å². The summed E-state index contributed by atoms with van der Waals surface area (Å²) >= 11 is 1.46. The predicted octanol–water partition coefficient (Wildman–Crippen LogP) is 4.35. The summed E-state index contributed by atoms with van der Waals surface area (Å²) in [6, 6.07) is 14.5. The number of benzene rings is 2. The molecule has 1 heterocycles. The molecule has 2 aromatic carbocycles. The lowest BCUT2D eigenvalue weighted by molar-refractivity contribution is -0.149. The molecule has 2 aromatic rings. The summed E-state index contributed by atoms with van der Waals surface area (Å²) in [5.74, 6) is 0.550. The Morgan fingerprint density at radius 1 is 1.17 bits per heavy atom. The lowest BCUT2D eigenvalue weighted by Crippen LogP contribution is -2.43. The minimum absolute atomic E-state index is 0.143. The third-order valence-electron chi connectivity index (χ3n) is 4.87. The third-order valence-corrected chi connectivity index (χ3v) is 6.19. The molecule has 160 valence electrons. The van der Waals surface area contributed by atoms with E-state index >= 15 is 0 Å². The van der Waals surface area contributed by atoms with Crippen molar-refractivity contribution in [2.75, 3.05) is 12.9 Å². The van der Waals surface area contributed by atoms with Crippen molar-refractivity contribution in [2.24, 2.45) is 5.92 Å². The third kappa shape index (κ3) is 5.08. The summed E-state index contributed by atoms with van der Waals surface area (Å²) in [6.45, 7) is 4.32. The highest BCUT2D eigenvalue weighted by molar-refractivity contribution is 7.99. The van der Waals surface area contributed by atoms with Crippen LogP contribution < -0.4 is 9.47 Å². The molecule has 6 nitrogen and oxygen atoms in total. The Hall–Kier alpha value is -2.67. The molecule has 0 aliphatic carbocycles. The van der Waals surface area contributed by atoms with E-state index in [0.29, 0.717) is 30.3 Å². The molecule has 1 amide bonds. The monoisotopic (exact) mass is 429 g/mol. The van der Waals surface area contributed by atoms with Crippen LogP contribution in [-0.2, 0) is 16.2 Å². The van der Waals surface area contributed by atoms with E-state index in [0.717, 1.165) is 11.1 Å². The maximum absolute atomic E-state index is 12.8. The molecule has 1 aliphatic rings. The number of carboxylic acids is 1. The standard InChI is InChI=1S/C23H27NO5S/c1-15(2)11-21(25)24-18(23(26)27)14-30-22(24)17-9-10-19(20(12-17)28-3)29-13-16-7-5-4-6-8-16/h4-10,12,15,18,22H,11,13-14H2,1-3H3,(H,26,27). The minimum Gasteiger partial charge on any atom is -0.493 e. The van der Waals surface area contributed by atoms with Gasteiger partial charge >= 0.3 is 5.97 Å². The van der Waals surface area contributed by atoms with Gasteiger partial charge in [-0.1, -0.05) is 50.2 Å². The average Bonchev–Trinajstić information content (AvgIpc) is 3.18. The van der Waals surface area contributed by atoms with E-state index in [1.807, 2.05) is 62.4 Å². The van der Waals surface area contributed by atoms with E-state index in [1.54, 1.807) is 7.11 Å². The van der Waals surface area contributed by atoms with Gasteiger partial charge in [-0.3, -0.25) is 4.79 Å². The van der Waals surface area contributed by atoms with Crippen LogP contribution in [0, 0.1) is 5.92 Å². The second-order valence-electron chi connectivity index (χ2n) is 7.62. The molecule has 0 spiro atoms. The van der Waals surface area contributed by atoms with Crippen LogP contribution in [0.2, 0.25) is 0 Å². The first-order valence-corrected chi connectivity index (χ1v) is 11.0. The Morgan fingerprint density at radius 3 is 2.53 bits per heavy atom. The summed E-state index contributed by atoms with van der Waals surface area (Å²) in [6.07, 6.45) is 0.316. The van der Waals surface area contributed by atoms with Gasteiger partial charge in [-0.2, -0.15) is 0 Å². The highest BCUT2D eigenvalue weighted by Gasteiger charge is 2.42. The first kappa shape index (κ1) is 22.0. The minimum atomic E-state index is -0.975. The van der Waals surface area contributed by atoms with Crippen molar-refractivity contribution in [1.29, 1.82) is 0 Å². The van der Waals surface area contributed by atoms with Gasteiger partial charge in [0.1, 0.15) is 18.0 Å². The van der Waals surface area contributed by atoms with Crippen molar-refractivity contribution in [2.45, 2.75) is 38.3 Å². The van der Waals surface area contributed by atoms with Crippen LogP contribution in [0.25, 0.3) is 0 Å². The second kappa shape index (κ2) is 9.89. The SMILES string of the molecule is COc1cc(C2SCC(C(=O)O)N2C(=O)CC(C)C)ccc1OCc1ccccc1. The second-order valence-corrected chi connectivity index (χ2v) is 8.74. The van der Waals surface area contributed by atoms with Gasteiger partial charge in [-0.25, -0.2) is 4.79 Å². The van der Waals surface area contributed by atoms with Crippen LogP contribution in [0.4, 0.5) is 0 Å². The number of hydrogen-bond acceptors (Lipinski definition) is 5. The number of carbonyl (C=O) groups is 2.